The summed E-state index contributed by atoms with van der Waals surface area (Å²) in [5.74, 6) is 0. The van der Waals surface area contributed by atoms with Crippen molar-refractivity contribution in [2.45, 2.75) is 0 Å². The van der Waals surface area contributed by atoms with Gasteiger partial charge in [-0.15, -0.1) is 0 Å². The normalized spacial score (nSPS) is 8.29. The Hall–Kier alpha value is 1.26. The third-order valence-electron chi connectivity index (χ3n) is 0. The average molecular weight is 277 g/mol. The molecule has 0 heterocycles. The Morgan fingerprint density at radius 3 is 1.14 bits per heavy atom. The zero-order chi connectivity index (χ0) is 4.50. The van der Waals surface area contributed by atoms with Crippen molar-refractivity contribution in [1.82, 2.24) is 0 Å². The van der Waals surface area contributed by atoms with Gasteiger partial charge in [0, 0.05) is 10.4 Å². The van der Waals surface area contributed by atoms with E-state index in [1.165, 1.54) is 0 Å². The zero-order valence-corrected chi connectivity index (χ0v) is 4.10. The van der Waals surface area contributed by atoms with Crippen LogP contribution in [0.1, 0.15) is 0 Å². The summed E-state index contributed by atoms with van der Waals surface area (Å²) < 4.78 is 34.1. The van der Waals surface area contributed by atoms with Gasteiger partial charge in [-0.25, -0.2) is 0 Å². The van der Waals surface area contributed by atoms with Crippen molar-refractivity contribution < 1.29 is 34.6 Å². The summed E-state index contributed by atoms with van der Waals surface area (Å²) in [5, 5.41) is 0. The van der Waals surface area contributed by atoms with Gasteiger partial charge >= 0.3 is 42.9 Å². The fourth-order valence-corrected chi connectivity index (χ4v) is 0. The van der Waals surface area contributed by atoms with Crippen molar-refractivity contribution in [2.24, 2.45) is 0 Å². The quantitative estimate of drug-likeness (QED) is 0.278. The van der Waals surface area contributed by atoms with Gasteiger partial charge in [-0.2, -0.15) is 0 Å². The van der Waals surface area contributed by atoms with Crippen LogP contribution in [0.3, 0.4) is 0 Å². The standard InChI is InChI=1S/Cu.In.H2O4S.3H/c;;1-5(2,3)4;;;/h;;(H2,1,2,3,4);;;/q+2;;;;;/p-2. The Labute approximate surface area is 70.5 Å². The number of hydrogen-bond donors (Lipinski definition) is 0. The maximum atomic E-state index is 8.52. The Balaban J connectivity index is -0.0000000800. The van der Waals surface area contributed by atoms with Gasteiger partial charge in [0.15, 0.2) is 0 Å². The number of hydrogen-bond acceptors (Lipinski definition) is 4. The van der Waals surface area contributed by atoms with Crippen LogP contribution in [0.25, 0.3) is 0 Å². The third kappa shape index (κ3) is 127. The van der Waals surface area contributed by atoms with Crippen molar-refractivity contribution in [3.8, 4) is 0 Å². The van der Waals surface area contributed by atoms with Gasteiger partial charge < -0.3 is 9.11 Å². The van der Waals surface area contributed by atoms with Crippen LogP contribution < -0.4 is 0 Å². The molecular weight excluding hydrogens is 274 g/mol. The Kier molecular flexibility index (Phi) is 12.1. The van der Waals surface area contributed by atoms with Crippen LogP contribution in [0.4, 0.5) is 0 Å². The van der Waals surface area contributed by atoms with Gasteiger partial charge in [-0.1, -0.05) is 0 Å². The van der Waals surface area contributed by atoms with Gasteiger partial charge in [-0.3, -0.25) is 8.42 Å². The molecule has 47 valence electrons. The van der Waals surface area contributed by atoms with E-state index in [1.54, 1.807) is 0 Å². The molecule has 0 saturated heterocycles. The van der Waals surface area contributed by atoms with Crippen molar-refractivity contribution in [2.75, 3.05) is 0 Å². The molecule has 0 aliphatic carbocycles. The van der Waals surface area contributed by atoms with Crippen LogP contribution in [0.2, 0.25) is 0 Å². The SMILES string of the molecule is O=S(=O)([O-])[O-].[Cu+2].[InH3]. The van der Waals surface area contributed by atoms with E-state index in [9.17, 15) is 0 Å². The molecule has 0 rings (SSSR count). The molecule has 0 spiro atoms. The van der Waals surface area contributed by atoms with E-state index in [-0.39, 0.29) is 42.9 Å². The molecule has 0 N–H and O–H groups in total. The van der Waals surface area contributed by atoms with Crippen LogP contribution >= 0.6 is 0 Å². The van der Waals surface area contributed by atoms with Crippen LogP contribution in [0.15, 0.2) is 0 Å². The summed E-state index contributed by atoms with van der Waals surface area (Å²) in [5.41, 5.74) is 0. The Morgan fingerprint density at radius 1 is 1.14 bits per heavy atom. The summed E-state index contributed by atoms with van der Waals surface area (Å²) >= 11 is 0. The van der Waals surface area contributed by atoms with E-state index in [0.29, 0.717) is 0 Å². The van der Waals surface area contributed by atoms with Crippen LogP contribution in [0, 0.1) is 0 Å². The van der Waals surface area contributed by atoms with Crippen molar-refractivity contribution in [3.05, 3.63) is 0 Å². The Morgan fingerprint density at radius 2 is 1.14 bits per heavy atom. The monoisotopic (exact) mass is 277 g/mol. The summed E-state index contributed by atoms with van der Waals surface area (Å²) in [6, 6.07) is 0. The van der Waals surface area contributed by atoms with Crippen LogP contribution in [-0.4, -0.2) is 43.4 Å². The predicted octanol–water partition coefficient (Wildman–Crippen LogP) is -2.52. The molecule has 0 aromatic carbocycles. The van der Waals surface area contributed by atoms with Crippen LogP contribution in [-0.2, 0) is 27.5 Å². The first-order chi connectivity index (χ1) is 2.00. The second kappa shape index (κ2) is 5.40. The van der Waals surface area contributed by atoms with E-state index in [2.05, 4.69) is 0 Å². The minimum atomic E-state index is -5.17. The molecule has 7 heavy (non-hydrogen) atoms. The fraction of sp³-hybridized carbons (Fsp3) is 0. The molecule has 1 radical (unpaired) electrons. The maximum absolute atomic E-state index is 8.52. The molecule has 0 atom stereocenters. The van der Waals surface area contributed by atoms with Gasteiger partial charge in [0.25, 0.3) is 0 Å². The second-order valence-electron chi connectivity index (χ2n) is 0.408. The fourth-order valence-electron chi connectivity index (χ4n) is 0. The Bertz CT molecular complexity index is 94.9. The average Bonchev–Trinajstić information content (AvgIpc) is 0.722. The van der Waals surface area contributed by atoms with Gasteiger partial charge in [0.1, 0.15) is 0 Å². The minimum absolute atomic E-state index is 0. The molecule has 0 unspecified atom stereocenters. The van der Waals surface area contributed by atoms with E-state index >= 15 is 0 Å². The zero-order valence-electron chi connectivity index (χ0n) is 2.34. The van der Waals surface area contributed by atoms with Gasteiger partial charge in [0.05, 0.1) is 0 Å². The molecule has 4 nitrogen and oxygen atoms in total. The van der Waals surface area contributed by atoms with Crippen molar-refractivity contribution >= 4 is 36.2 Å². The summed E-state index contributed by atoms with van der Waals surface area (Å²) in [4.78, 5) is 0. The second-order valence-corrected chi connectivity index (χ2v) is 1.22. The number of rotatable bonds is 0. The van der Waals surface area contributed by atoms with Gasteiger partial charge in [-0.05, 0) is 0 Å². The predicted molar refractivity (Wildman–Crippen MR) is 20.4 cm³/mol. The molecule has 0 amide bonds. The van der Waals surface area contributed by atoms with Gasteiger partial charge in [0.2, 0.25) is 0 Å². The third-order valence-corrected chi connectivity index (χ3v) is 0. The topological polar surface area (TPSA) is 80.3 Å². The van der Waals surface area contributed by atoms with Crippen LogP contribution in [0.5, 0.6) is 0 Å². The molecule has 0 bridgehead atoms. The first kappa shape index (κ1) is 15.7. The summed E-state index contributed by atoms with van der Waals surface area (Å²) in [6.07, 6.45) is 0. The van der Waals surface area contributed by atoms with E-state index in [0.717, 1.165) is 0 Å². The summed E-state index contributed by atoms with van der Waals surface area (Å²) in [7, 11) is -5.17. The van der Waals surface area contributed by atoms with E-state index in [4.69, 9.17) is 17.5 Å². The molecule has 0 aliphatic heterocycles. The summed E-state index contributed by atoms with van der Waals surface area (Å²) in [6.45, 7) is 0. The van der Waals surface area contributed by atoms with E-state index in [1.807, 2.05) is 0 Å². The molecular formula is H3CuInO4S. The van der Waals surface area contributed by atoms with E-state index < -0.39 is 10.4 Å². The molecule has 0 aliphatic rings. The van der Waals surface area contributed by atoms with Crippen molar-refractivity contribution in [3.63, 3.8) is 0 Å². The molecule has 0 saturated carbocycles. The van der Waals surface area contributed by atoms with Crippen molar-refractivity contribution in [1.29, 1.82) is 0 Å². The first-order valence-electron chi connectivity index (χ1n) is 0.667. The molecule has 0 fully saturated rings. The first-order valence-corrected chi connectivity index (χ1v) is 2.00. The molecule has 0 aromatic heterocycles. The molecule has 7 heteroatoms. The molecule has 0 aromatic rings.